The van der Waals surface area contributed by atoms with E-state index >= 15 is 0 Å². The van der Waals surface area contributed by atoms with E-state index in [-0.39, 0.29) is 18.0 Å². The molecule has 0 unspecified atom stereocenters. The van der Waals surface area contributed by atoms with Crippen molar-refractivity contribution in [1.82, 2.24) is 10.1 Å². The van der Waals surface area contributed by atoms with Crippen molar-refractivity contribution < 1.29 is 14.4 Å². The Hall–Kier alpha value is -2.67. The topological polar surface area (TPSA) is 116 Å². The number of nitrogen functional groups attached to an aromatic ring is 1. The van der Waals surface area contributed by atoms with Crippen molar-refractivity contribution in [1.29, 1.82) is 5.41 Å². The lowest BCUT2D eigenvalue weighted by molar-refractivity contribution is -0.144. The number of carbonyl (C=O) groups is 1. The molecule has 0 bridgehead atoms. The minimum Gasteiger partial charge on any atom is -0.384 e. The normalized spacial score (nSPS) is 21.4. The summed E-state index contributed by atoms with van der Waals surface area (Å²) in [6.45, 7) is 0.463. The number of hydrogen-bond acceptors (Lipinski definition) is 5. The van der Waals surface area contributed by atoms with Crippen molar-refractivity contribution in [2.24, 2.45) is 5.73 Å². The number of aromatic nitrogens is 1. The number of amides is 1. The molecule has 1 aromatic heterocycles. The second-order valence-electron chi connectivity index (χ2n) is 5.41. The molecule has 22 heavy (non-hydrogen) atoms. The Morgan fingerprint density at radius 2 is 2.27 bits per heavy atom. The van der Waals surface area contributed by atoms with Gasteiger partial charge in [0.05, 0.1) is 0 Å². The van der Waals surface area contributed by atoms with E-state index in [0.29, 0.717) is 23.4 Å². The summed E-state index contributed by atoms with van der Waals surface area (Å²) in [6.07, 6.45) is 0.268. The molecule has 7 nitrogen and oxygen atoms in total. The van der Waals surface area contributed by atoms with Gasteiger partial charge < -0.3 is 20.3 Å². The lowest BCUT2D eigenvalue weighted by Crippen LogP contribution is -2.35. The van der Waals surface area contributed by atoms with Gasteiger partial charge in [-0.1, -0.05) is 23.4 Å². The van der Waals surface area contributed by atoms with E-state index in [0.717, 1.165) is 0 Å². The summed E-state index contributed by atoms with van der Waals surface area (Å²) in [5.41, 5.74) is 5.56. The summed E-state index contributed by atoms with van der Waals surface area (Å²) >= 11 is 0. The molecule has 3 rings (SSSR count). The van der Waals surface area contributed by atoms with Crippen LogP contribution in [0.1, 0.15) is 17.7 Å². The molecule has 2 aromatic rings. The number of aliphatic hydroxyl groups is 1. The first-order valence-electron chi connectivity index (χ1n) is 6.82. The Kier molecular flexibility index (Phi) is 3.22. The summed E-state index contributed by atoms with van der Waals surface area (Å²) in [6, 6.07) is 8.52. The van der Waals surface area contributed by atoms with Crippen molar-refractivity contribution in [2.75, 3.05) is 13.6 Å². The summed E-state index contributed by atoms with van der Waals surface area (Å²) in [7, 11) is 1.63. The predicted molar refractivity (Wildman–Crippen MR) is 79.1 cm³/mol. The zero-order valence-electron chi connectivity index (χ0n) is 12.0. The van der Waals surface area contributed by atoms with Gasteiger partial charge in [0.15, 0.2) is 5.76 Å². The number of nitrogens with one attached hydrogen (secondary N) is 1. The van der Waals surface area contributed by atoms with Gasteiger partial charge in [-0.3, -0.25) is 10.2 Å². The average Bonchev–Trinajstić information content (AvgIpc) is 3.10. The predicted octanol–water partition coefficient (Wildman–Crippen LogP) is 0.675. The monoisotopic (exact) mass is 300 g/mol. The smallest absolute Gasteiger partial charge is 0.262 e. The van der Waals surface area contributed by atoms with Crippen LogP contribution in [-0.2, 0) is 10.4 Å². The van der Waals surface area contributed by atoms with Crippen molar-refractivity contribution in [2.45, 2.75) is 12.0 Å². The van der Waals surface area contributed by atoms with Crippen molar-refractivity contribution in [3.8, 4) is 11.3 Å². The molecule has 1 amide bonds. The summed E-state index contributed by atoms with van der Waals surface area (Å²) in [5.74, 6) is -0.311. The average molecular weight is 300 g/mol. The summed E-state index contributed by atoms with van der Waals surface area (Å²) in [4.78, 5) is 13.5. The van der Waals surface area contributed by atoms with E-state index in [9.17, 15) is 9.90 Å². The van der Waals surface area contributed by atoms with Crippen molar-refractivity contribution >= 4 is 11.7 Å². The van der Waals surface area contributed by atoms with Crippen LogP contribution >= 0.6 is 0 Å². The first-order chi connectivity index (χ1) is 10.4. The van der Waals surface area contributed by atoms with Crippen LogP contribution in [0, 0.1) is 5.41 Å². The number of rotatable bonds is 3. The van der Waals surface area contributed by atoms with Crippen LogP contribution in [0.4, 0.5) is 0 Å². The third-order valence-corrected chi connectivity index (χ3v) is 3.90. The fraction of sp³-hybridized carbons (Fsp3) is 0.267. The van der Waals surface area contributed by atoms with Crippen LogP contribution in [0.15, 0.2) is 34.9 Å². The van der Waals surface area contributed by atoms with Crippen LogP contribution in [-0.4, -0.2) is 40.5 Å². The maximum absolute atomic E-state index is 12.1. The molecule has 1 saturated heterocycles. The van der Waals surface area contributed by atoms with Crippen LogP contribution < -0.4 is 5.73 Å². The van der Waals surface area contributed by atoms with Crippen molar-refractivity contribution in [3.05, 3.63) is 41.7 Å². The number of likely N-dealkylation sites (N-methyl/N-ethyl adjacent to an activating group) is 1. The number of nitrogens with two attached hydrogens (primary N) is 1. The van der Waals surface area contributed by atoms with Crippen LogP contribution in [0.25, 0.3) is 11.3 Å². The maximum Gasteiger partial charge on any atom is 0.262 e. The van der Waals surface area contributed by atoms with E-state index in [1.165, 1.54) is 4.90 Å². The lowest BCUT2D eigenvalue weighted by Gasteiger charge is -2.16. The van der Waals surface area contributed by atoms with Gasteiger partial charge in [-0.05, 0) is 6.07 Å². The molecule has 7 heteroatoms. The quantitative estimate of drug-likeness (QED) is 0.569. The van der Waals surface area contributed by atoms with Gasteiger partial charge in [-0.25, -0.2) is 0 Å². The third-order valence-electron chi connectivity index (χ3n) is 3.90. The van der Waals surface area contributed by atoms with E-state index in [2.05, 4.69) is 5.16 Å². The molecule has 114 valence electrons. The highest BCUT2D eigenvalue weighted by Gasteiger charge is 2.48. The second-order valence-corrected chi connectivity index (χ2v) is 5.41. The van der Waals surface area contributed by atoms with Gasteiger partial charge in [-0.15, -0.1) is 0 Å². The highest BCUT2D eigenvalue weighted by molar-refractivity contribution is 5.96. The molecule has 4 N–H and O–H groups in total. The molecule has 0 spiro atoms. The second kappa shape index (κ2) is 4.96. The van der Waals surface area contributed by atoms with Crippen LogP contribution in [0.5, 0.6) is 0 Å². The number of hydrogen-bond donors (Lipinski definition) is 3. The Labute approximate surface area is 126 Å². The Morgan fingerprint density at radius 1 is 1.50 bits per heavy atom. The third kappa shape index (κ3) is 2.15. The van der Waals surface area contributed by atoms with Gasteiger partial charge in [0.1, 0.15) is 11.5 Å². The molecule has 1 aliphatic rings. The number of benzene rings is 1. The molecule has 0 saturated carbocycles. The highest BCUT2D eigenvalue weighted by atomic mass is 16.5. The minimum absolute atomic E-state index is 0.0446. The largest absolute Gasteiger partial charge is 0.384 e. The lowest BCUT2D eigenvalue weighted by atomic mass is 9.98. The first kappa shape index (κ1) is 14.3. The molecular weight excluding hydrogens is 284 g/mol. The number of amidine groups is 1. The van der Waals surface area contributed by atoms with Gasteiger partial charge in [0, 0.05) is 37.2 Å². The van der Waals surface area contributed by atoms with E-state index in [1.807, 2.05) is 0 Å². The minimum atomic E-state index is -1.65. The molecule has 0 radical (unpaired) electrons. The molecule has 1 aliphatic heterocycles. The van der Waals surface area contributed by atoms with E-state index in [4.69, 9.17) is 15.7 Å². The van der Waals surface area contributed by atoms with Gasteiger partial charge in [-0.2, -0.15) is 0 Å². The zero-order valence-corrected chi connectivity index (χ0v) is 12.0. The van der Waals surface area contributed by atoms with Gasteiger partial charge >= 0.3 is 0 Å². The molecule has 0 aliphatic carbocycles. The molecule has 1 aromatic carbocycles. The highest BCUT2D eigenvalue weighted by Crippen LogP contribution is 2.34. The Morgan fingerprint density at radius 3 is 2.91 bits per heavy atom. The SMILES string of the molecule is CN1CC[C@@](O)(c2cc(-c3cccc(C(=N)N)c3)no2)C1=O. The Bertz CT molecular complexity index is 755. The van der Waals surface area contributed by atoms with E-state index < -0.39 is 11.5 Å². The van der Waals surface area contributed by atoms with Crippen molar-refractivity contribution in [3.63, 3.8) is 0 Å². The number of carbonyl (C=O) groups excluding carboxylic acids is 1. The Balaban J connectivity index is 1.96. The van der Waals surface area contributed by atoms with Gasteiger partial charge in [0.2, 0.25) is 5.60 Å². The molecule has 1 atom stereocenters. The summed E-state index contributed by atoms with van der Waals surface area (Å²) in [5, 5.41) is 21.9. The zero-order chi connectivity index (χ0) is 15.9. The first-order valence-corrected chi connectivity index (χ1v) is 6.82. The molecule has 1 fully saturated rings. The van der Waals surface area contributed by atoms with Gasteiger partial charge in [0.25, 0.3) is 5.91 Å². The molecule has 2 heterocycles. The number of likely N-dealkylation sites (tertiary alicyclic amines) is 1. The fourth-order valence-electron chi connectivity index (χ4n) is 2.53. The number of nitrogens with zero attached hydrogens (tertiary/aromatic N) is 2. The van der Waals surface area contributed by atoms with Crippen LogP contribution in [0.3, 0.4) is 0 Å². The standard InChI is InChI=1S/C15H16N4O3/c1-19-6-5-15(21,14(19)20)12-8-11(18-22-12)9-3-2-4-10(7-9)13(16)17/h2-4,7-8,21H,5-6H2,1H3,(H3,16,17)/t15-/m1/s1. The molecular formula is C15H16N4O3. The fourth-order valence-corrected chi connectivity index (χ4v) is 2.53. The maximum atomic E-state index is 12.1. The summed E-state index contributed by atoms with van der Waals surface area (Å²) < 4.78 is 5.19. The van der Waals surface area contributed by atoms with Crippen LogP contribution in [0.2, 0.25) is 0 Å². The van der Waals surface area contributed by atoms with E-state index in [1.54, 1.807) is 37.4 Å².